The lowest BCUT2D eigenvalue weighted by atomic mass is 9.97. The molecule has 3 aromatic carbocycles. The summed E-state index contributed by atoms with van der Waals surface area (Å²) in [5, 5.41) is 19.5. The topological polar surface area (TPSA) is 204 Å². The normalized spacial score (nSPS) is 15.7. The number of carboxylic acid groups (broad SMARTS) is 1. The average molecular weight is 949 g/mol. The second-order valence-corrected chi connectivity index (χ2v) is 16.2. The van der Waals surface area contributed by atoms with Gasteiger partial charge in [-0.25, -0.2) is 9.97 Å². The van der Waals surface area contributed by atoms with Crippen LogP contribution >= 0.6 is 23.2 Å². The van der Waals surface area contributed by atoms with E-state index in [1.807, 2.05) is 41.0 Å². The molecule has 0 bridgehead atoms. The monoisotopic (exact) mass is 947 g/mol. The molecule has 2 fully saturated rings. The van der Waals surface area contributed by atoms with E-state index in [0.717, 1.165) is 31.4 Å². The van der Waals surface area contributed by atoms with Crippen LogP contribution in [0.4, 0.5) is 34.9 Å². The first kappa shape index (κ1) is 48.8. The van der Waals surface area contributed by atoms with Gasteiger partial charge in [-0.2, -0.15) is 9.97 Å². The van der Waals surface area contributed by atoms with Gasteiger partial charge in [-0.3, -0.25) is 9.59 Å². The maximum absolute atomic E-state index is 12.9. The molecule has 0 saturated carbocycles. The minimum Gasteiger partial charge on any atom is -0.493 e. The SMILES string of the molecule is COc1cc(Nc2ncc(Cl)c(N3CCC[C@H](C(=O)NCc4ccc(C)cc4)C3)n2)cc(OC)c1OC.COc1cc(Nc2ncc(Cl)c(N3CCC[C@H](C(=O)O)C3)n2)cc(OC)c1OC. The van der Waals surface area contributed by atoms with Crippen molar-refractivity contribution in [1.29, 1.82) is 0 Å². The van der Waals surface area contributed by atoms with E-state index in [1.165, 1.54) is 33.1 Å². The minimum atomic E-state index is -0.810. The highest BCUT2D eigenvalue weighted by Crippen LogP contribution is 2.42. The Kier molecular flexibility index (Phi) is 17.0. The van der Waals surface area contributed by atoms with Crippen molar-refractivity contribution in [3.8, 4) is 34.5 Å². The van der Waals surface area contributed by atoms with Crippen molar-refractivity contribution in [2.75, 3.05) is 89.3 Å². The Balaban J connectivity index is 0.000000225. The zero-order chi connectivity index (χ0) is 47.3. The number of aromatic nitrogens is 4. The summed E-state index contributed by atoms with van der Waals surface area (Å²) in [7, 11) is 9.27. The van der Waals surface area contributed by atoms with E-state index in [-0.39, 0.29) is 11.8 Å². The zero-order valence-corrected chi connectivity index (χ0v) is 39.5. The van der Waals surface area contributed by atoms with Gasteiger partial charge < -0.3 is 59.3 Å². The molecule has 7 rings (SSSR count). The number of carbonyl (C=O) groups excluding carboxylic acids is 1. The standard InChI is InChI=1S/C27H32ClN5O4.C19H23ClN4O5/c1-17-7-9-18(10-8-17)14-29-26(34)19-6-5-11-33(16-19)25-21(28)15-30-27(32-25)31-20-12-22(35-2)24(37-4)23(13-20)36-3;1-27-14-7-12(8-15(28-2)16(14)29-3)22-19-21-9-13(20)17(23-19)24-6-4-5-11(10-24)18(25)26/h7-10,12-13,15,19H,5-6,11,14,16H2,1-4H3,(H,29,34)(H,30,31,32);7-9,11H,4-6,10H2,1-3H3,(H,25,26)(H,21,22,23)/t19-;11-/m00/s1. The van der Waals surface area contributed by atoms with Crippen LogP contribution in [-0.4, -0.2) is 106 Å². The summed E-state index contributed by atoms with van der Waals surface area (Å²) >= 11 is 12.8. The molecule has 18 nitrogen and oxygen atoms in total. The van der Waals surface area contributed by atoms with Gasteiger partial charge in [0.15, 0.2) is 34.6 Å². The molecule has 4 N–H and O–H groups in total. The fourth-order valence-electron chi connectivity index (χ4n) is 7.64. The number of hydrogen-bond donors (Lipinski definition) is 4. The fraction of sp³-hybridized carbons (Fsp3) is 0.391. The van der Waals surface area contributed by atoms with Gasteiger partial charge in [0.05, 0.1) is 66.9 Å². The van der Waals surface area contributed by atoms with Crippen molar-refractivity contribution in [3.05, 3.63) is 82.1 Å². The first-order chi connectivity index (χ1) is 31.9. The van der Waals surface area contributed by atoms with Gasteiger partial charge in [0.1, 0.15) is 10.0 Å². The molecule has 0 radical (unpaired) electrons. The van der Waals surface area contributed by atoms with Gasteiger partial charge >= 0.3 is 5.97 Å². The molecule has 1 amide bonds. The Morgan fingerprint density at radius 1 is 0.667 bits per heavy atom. The van der Waals surface area contributed by atoms with Crippen LogP contribution in [0.2, 0.25) is 10.0 Å². The summed E-state index contributed by atoms with van der Waals surface area (Å²) in [4.78, 5) is 45.9. The number of halogens is 2. The van der Waals surface area contributed by atoms with Crippen LogP contribution in [0.5, 0.6) is 34.5 Å². The second kappa shape index (κ2) is 23.0. The number of methoxy groups -OCH3 is 6. The summed E-state index contributed by atoms with van der Waals surface area (Å²) < 4.78 is 32.3. The number of aliphatic carboxylic acids is 1. The number of benzene rings is 3. The molecule has 0 aliphatic carbocycles. The number of nitrogens with one attached hydrogen (secondary N) is 3. The van der Waals surface area contributed by atoms with Crippen molar-refractivity contribution in [2.24, 2.45) is 11.8 Å². The van der Waals surface area contributed by atoms with E-state index in [4.69, 9.17) is 51.6 Å². The fourth-order valence-corrected chi connectivity index (χ4v) is 8.06. The van der Waals surface area contributed by atoms with Crippen LogP contribution < -0.4 is 54.2 Å². The lowest BCUT2D eigenvalue weighted by molar-refractivity contribution is -0.142. The van der Waals surface area contributed by atoms with E-state index in [2.05, 4.69) is 35.9 Å². The highest BCUT2D eigenvalue weighted by molar-refractivity contribution is 6.33. The molecule has 2 aliphatic rings. The van der Waals surface area contributed by atoms with Crippen molar-refractivity contribution < 1.29 is 43.1 Å². The van der Waals surface area contributed by atoms with E-state index >= 15 is 0 Å². The highest BCUT2D eigenvalue weighted by Gasteiger charge is 2.29. The Bertz CT molecular complexity index is 2420. The molecular weight excluding hydrogens is 893 g/mol. The smallest absolute Gasteiger partial charge is 0.308 e. The van der Waals surface area contributed by atoms with Crippen LogP contribution in [0.3, 0.4) is 0 Å². The summed E-state index contributed by atoms with van der Waals surface area (Å²) in [6, 6.07) is 15.2. The first-order valence-corrected chi connectivity index (χ1v) is 21.9. The lowest BCUT2D eigenvalue weighted by Gasteiger charge is -2.33. The molecule has 2 atom stereocenters. The van der Waals surface area contributed by atoms with Gasteiger partial charge in [0.2, 0.25) is 29.3 Å². The number of rotatable bonds is 16. The van der Waals surface area contributed by atoms with Crippen LogP contribution in [0.25, 0.3) is 0 Å². The third kappa shape index (κ3) is 12.2. The maximum atomic E-state index is 12.9. The molecule has 2 aromatic heterocycles. The van der Waals surface area contributed by atoms with E-state index in [9.17, 15) is 14.7 Å². The summed E-state index contributed by atoms with van der Waals surface area (Å²) in [5.41, 5.74) is 3.57. The predicted octanol–water partition coefficient (Wildman–Crippen LogP) is 7.94. The first-order valence-electron chi connectivity index (χ1n) is 21.1. The molecular formula is C46H55Cl2N9O9. The Morgan fingerprint density at radius 3 is 1.50 bits per heavy atom. The molecule has 2 aliphatic heterocycles. The van der Waals surface area contributed by atoms with Crippen LogP contribution in [0.1, 0.15) is 36.8 Å². The van der Waals surface area contributed by atoms with Crippen LogP contribution in [0, 0.1) is 18.8 Å². The number of aryl methyl sites for hydroxylation is 1. The summed E-state index contributed by atoms with van der Waals surface area (Å²) in [5.74, 6) is 3.36. The van der Waals surface area contributed by atoms with E-state index in [0.29, 0.717) is 112 Å². The van der Waals surface area contributed by atoms with Crippen molar-refractivity contribution in [3.63, 3.8) is 0 Å². The number of hydrogen-bond acceptors (Lipinski definition) is 16. The number of carbonyl (C=O) groups is 2. The number of piperidine rings is 2. The van der Waals surface area contributed by atoms with E-state index in [1.54, 1.807) is 51.8 Å². The molecule has 4 heterocycles. The van der Waals surface area contributed by atoms with Crippen molar-refractivity contribution in [1.82, 2.24) is 25.3 Å². The minimum absolute atomic E-state index is 0.0335. The molecule has 0 spiro atoms. The average Bonchev–Trinajstić information content (AvgIpc) is 3.34. The maximum Gasteiger partial charge on any atom is 0.308 e. The Hall–Kier alpha value is -6.66. The molecule has 66 heavy (non-hydrogen) atoms. The molecule has 2 saturated heterocycles. The summed E-state index contributed by atoms with van der Waals surface area (Å²) in [6.07, 6.45) is 6.13. The third-order valence-electron chi connectivity index (χ3n) is 11.0. The van der Waals surface area contributed by atoms with Crippen molar-refractivity contribution >= 4 is 70.0 Å². The van der Waals surface area contributed by atoms with Crippen LogP contribution in [0.15, 0.2) is 60.9 Å². The van der Waals surface area contributed by atoms with Gasteiger partial charge in [0.25, 0.3) is 0 Å². The molecule has 0 unspecified atom stereocenters. The highest BCUT2D eigenvalue weighted by atomic mass is 35.5. The number of nitrogens with zero attached hydrogens (tertiary/aromatic N) is 6. The van der Waals surface area contributed by atoms with Crippen LogP contribution in [-0.2, 0) is 16.1 Å². The van der Waals surface area contributed by atoms with Gasteiger partial charge in [-0.05, 0) is 38.2 Å². The van der Waals surface area contributed by atoms with Gasteiger partial charge in [-0.1, -0.05) is 53.0 Å². The zero-order valence-electron chi connectivity index (χ0n) is 37.9. The van der Waals surface area contributed by atoms with E-state index < -0.39 is 11.9 Å². The predicted molar refractivity (Wildman–Crippen MR) is 253 cm³/mol. The second-order valence-electron chi connectivity index (χ2n) is 15.4. The molecule has 20 heteroatoms. The molecule has 352 valence electrons. The largest absolute Gasteiger partial charge is 0.493 e. The van der Waals surface area contributed by atoms with Crippen molar-refractivity contribution in [2.45, 2.75) is 39.2 Å². The quantitative estimate of drug-likeness (QED) is 0.0741. The summed E-state index contributed by atoms with van der Waals surface area (Å²) in [6.45, 7) is 4.87. The third-order valence-corrected chi connectivity index (χ3v) is 11.6. The number of carboxylic acids is 1. The lowest BCUT2D eigenvalue weighted by Crippen LogP contribution is -2.43. The number of ether oxygens (including phenoxy) is 6. The Labute approximate surface area is 393 Å². The molecule has 5 aromatic rings. The Morgan fingerprint density at radius 2 is 1.09 bits per heavy atom. The number of amides is 1. The van der Waals surface area contributed by atoms with Gasteiger partial charge in [0, 0.05) is 68.4 Å². The van der Waals surface area contributed by atoms with Gasteiger partial charge in [-0.15, -0.1) is 0 Å². The number of anilines is 6.